The van der Waals surface area contributed by atoms with Crippen molar-refractivity contribution in [2.45, 2.75) is 26.4 Å². The molecule has 2 heterocycles. The quantitative estimate of drug-likeness (QED) is 0.518. The zero-order chi connectivity index (χ0) is 27.3. The Kier molecular flexibility index (Phi) is 8.42. The molecule has 11 nitrogen and oxygen atoms in total. The molecule has 0 saturated carbocycles. The third-order valence-corrected chi connectivity index (χ3v) is 7.35. The Hall–Kier alpha value is -3.77. The molecule has 3 aromatic rings. The molecule has 202 valence electrons. The molecule has 38 heavy (non-hydrogen) atoms. The molecule has 1 aliphatic rings. The molecule has 2 N–H and O–H groups in total. The summed E-state index contributed by atoms with van der Waals surface area (Å²) >= 11 is 0. The van der Waals surface area contributed by atoms with Gasteiger partial charge in [0.1, 0.15) is 12.4 Å². The van der Waals surface area contributed by atoms with Crippen LogP contribution >= 0.6 is 0 Å². The van der Waals surface area contributed by atoms with Gasteiger partial charge in [-0.25, -0.2) is 18.1 Å². The lowest BCUT2D eigenvalue weighted by Crippen LogP contribution is -2.45. The van der Waals surface area contributed by atoms with Crippen LogP contribution in [0.5, 0.6) is 5.75 Å². The Morgan fingerprint density at radius 1 is 1.03 bits per heavy atom. The van der Waals surface area contributed by atoms with E-state index in [0.717, 1.165) is 16.1 Å². The van der Waals surface area contributed by atoms with Gasteiger partial charge in [0, 0.05) is 24.2 Å². The van der Waals surface area contributed by atoms with E-state index in [4.69, 9.17) is 14.8 Å². The molecular formula is C26H32N6O5S. The molecule has 0 saturated heterocycles. The minimum atomic E-state index is -3.72. The highest BCUT2D eigenvalue weighted by atomic mass is 32.2. The molecule has 1 aliphatic heterocycles. The van der Waals surface area contributed by atoms with E-state index < -0.39 is 28.5 Å². The zero-order valence-electron chi connectivity index (χ0n) is 21.6. The summed E-state index contributed by atoms with van der Waals surface area (Å²) in [6, 6.07) is 15.7. The molecule has 4 rings (SSSR count). The fourth-order valence-electron chi connectivity index (χ4n) is 4.10. The first-order chi connectivity index (χ1) is 18.1. The number of benzene rings is 2. The second-order valence-electron chi connectivity index (χ2n) is 9.40. The fourth-order valence-corrected chi connectivity index (χ4v) is 4.88. The maximum atomic E-state index is 13.1. The van der Waals surface area contributed by atoms with Gasteiger partial charge in [0.05, 0.1) is 25.4 Å². The van der Waals surface area contributed by atoms with Gasteiger partial charge in [-0.3, -0.25) is 9.59 Å². The number of hydrogen-bond donors (Lipinski definition) is 2. The van der Waals surface area contributed by atoms with E-state index in [9.17, 15) is 18.0 Å². The number of nitrogens with zero attached hydrogens (tertiary/aromatic N) is 4. The van der Waals surface area contributed by atoms with Gasteiger partial charge < -0.3 is 15.4 Å². The highest BCUT2D eigenvalue weighted by molar-refractivity contribution is 7.88. The molecule has 0 radical (unpaired) electrons. The van der Waals surface area contributed by atoms with Gasteiger partial charge in [-0.05, 0) is 24.1 Å². The van der Waals surface area contributed by atoms with E-state index in [1.807, 2.05) is 44.2 Å². The molecule has 1 atom stereocenters. The molecule has 0 spiro atoms. The Labute approximate surface area is 222 Å². The first-order valence-electron chi connectivity index (χ1n) is 12.4. The summed E-state index contributed by atoms with van der Waals surface area (Å²) in [5, 5.41) is 10.4. The Morgan fingerprint density at radius 2 is 1.76 bits per heavy atom. The van der Waals surface area contributed by atoms with Crippen molar-refractivity contribution >= 4 is 21.8 Å². The van der Waals surface area contributed by atoms with Crippen molar-refractivity contribution in [3.8, 4) is 17.1 Å². The SMILES string of the molecule is CC(C)[C@@H]1NC(=O)CN(S(C)(=O)=O)CCNC(=O)c2cccc(c2)OCCn2nc(-c3ccccc3)nc21. The average Bonchev–Trinajstić information content (AvgIpc) is 3.30. The van der Waals surface area contributed by atoms with Gasteiger partial charge in [-0.2, -0.15) is 9.40 Å². The molecular weight excluding hydrogens is 508 g/mol. The summed E-state index contributed by atoms with van der Waals surface area (Å²) in [6.45, 7) is 4.05. The van der Waals surface area contributed by atoms with Gasteiger partial charge in [-0.1, -0.05) is 50.2 Å². The first-order valence-corrected chi connectivity index (χ1v) is 14.2. The molecule has 0 fully saturated rings. The number of amides is 2. The van der Waals surface area contributed by atoms with Crippen LogP contribution in [0, 0.1) is 5.92 Å². The van der Waals surface area contributed by atoms with Crippen LogP contribution in [0.2, 0.25) is 0 Å². The van der Waals surface area contributed by atoms with Gasteiger partial charge >= 0.3 is 0 Å². The van der Waals surface area contributed by atoms with Gasteiger partial charge in [0.2, 0.25) is 15.9 Å². The summed E-state index contributed by atoms with van der Waals surface area (Å²) in [4.78, 5) is 30.5. The van der Waals surface area contributed by atoms with Crippen LogP contribution < -0.4 is 15.4 Å². The number of carbonyl (C=O) groups excluding carboxylic acids is 2. The Bertz CT molecular complexity index is 1390. The molecule has 1 aromatic heterocycles. The number of fused-ring (bicyclic) bond motifs is 3. The maximum absolute atomic E-state index is 13.1. The molecule has 2 aromatic carbocycles. The van der Waals surface area contributed by atoms with Crippen LogP contribution in [-0.4, -0.2) is 71.8 Å². The average molecular weight is 541 g/mol. The summed E-state index contributed by atoms with van der Waals surface area (Å²) in [5.41, 5.74) is 1.20. The lowest BCUT2D eigenvalue weighted by atomic mass is 10.0. The zero-order valence-corrected chi connectivity index (χ0v) is 22.4. The topological polar surface area (TPSA) is 136 Å². The minimum absolute atomic E-state index is 0.0344. The van der Waals surface area contributed by atoms with E-state index in [0.29, 0.717) is 29.5 Å². The van der Waals surface area contributed by atoms with Crippen molar-refractivity contribution in [2.24, 2.45) is 5.92 Å². The Morgan fingerprint density at radius 3 is 2.47 bits per heavy atom. The highest BCUT2D eigenvalue weighted by Gasteiger charge is 2.28. The van der Waals surface area contributed by atoms with E-state index in [2.05, 4.69) is 10.6 Å². The number of hydrogen-bond acceptors (Lipinski definition) is 7. The van der Waals surface area contributed by atoms with Crippen LogP contribution in [0.25, 0.3) is 11.4 Å². The first kappa shape index (κ1) is 27.3. The summed E-state index contributed by atoms with van der Waals surface area (Å²) in [5.74, 6) is 0.629. The lowest BCUT2D eigenvalue weighted by Gasteiger charge is -2.25. The van der Waals surface area contributed by atoms with E-state index in [1.54, 1.807) is 28.9 Å². The minimum Gasteiger partial charge on any atom is -0.492 e. The lowest BCUT2D eigenvalue weighted by molar-refractivity contribution is -0.122. The van der Waals surface area contributed by atoms with Crippen LogP contribution in [0.4, 0.5) is 0 Å². The predicted octanol–water partition coefficient (Wildman–Crippen LogP) is 1.84. The number of aromatic nitrogens is 3. The highest BCUT2D eigenvalue weighted by Crippen LogP contribution is 2.24. The van der Waals surface area contributed by atoms with Crippen molar-refractivity contribution in [2.75, 3.05) is 32.5 Å². The number of rotatable bonds is 3. The van der Waals surface area contributed by atoms with Gasteiger partial charge in [-0.15, -0.1) is 0 Å². The van der Waals surface area contributed by atoms with Crippen LogP contribution in [0.3, 0.4) is 0 Å². The summed E-state index contributed by atoms with van der Waals surface area (Å²) in [6.07, 6.45) is 1.04. The molecule has 12 heteroatoms. The number of nitrogens with one attached hydrogen (secondary N) is 2. The van der Waals surface area contributed by atoms with Crippen LogP contribution in [-0.2, 0) is 21.4 Å². The van der Waals surface area contributed by atoms with Crippen LogP contribution in [0.1, 0.15) is 36.1 Å². The third-order valence-electron chi connectivity index (χ3n) is 6.10. The third kappa shape index (κ3) is 6.75. The summed E-state index contributed by atoms with van der Waals surface area (Å²) < 4.78 is 33.5. The van der Waals surface area contributed by atoms with E-state index >= 15 is 0 Å². The fraction of sp³-hybridized carbons (Fsp3) is 0.385. The second-order valence-corrected chi connectivity index (χ2v) is 11.4. The second kappa shape index (κ2) is 11.7. The summed E-state index contributed by atoms with van der Waals surface area (Å²) in [7, 11) is -3.72. The van der Waals surface area contributed by atoms with Crippen molar-refractivity contribution in [1.82, 2.24) is 29.7 Å². The number of carbonyl (C=O) groups is 2. The van der Waals surface area contributed by atoms with Gasteiger partial charge in [0.15, 0.2) is 11.6 Å². The molecule has 2 amide bonds. The predicted molar refractivity (Wildman–Crippen MR) is 142 cm³/mol. The van der Waals surface area contributed by atoms with Crippen LogP contribution in [0.15, 0.2) is 54.6 Å². The van der Waals surface area contributed by atoms with E-state index in [-0.39, 0.29) is 31.5 Å². The molecule has 0 aliphatic carbocycles. The standard InChI is InChI=1S/C26H32N6O5S/c1-18(2)23-25-29-24(19-8-5-4-6-9-19)30-32(25)14-15-37-21-11-7-10-20(16-21)26(34)27-12-13-31(38(3,35)36)17-22(33)28-23/h4-11,16,18,23H,12-15,17H2,1-3H3,(H,27,34)(H,28,33)/t23-/m0/s1. The largest absolute Gasteiger partial charge is 0.492 e. The smallest absolute Gasteiger partial charge is 0.251 e. The molecule has 2 bridgehead atoms. The monoisotopic (exact) mass is 540 g/mol. The number of sulfonamides is 1. The van der Waals surface area contributed by atoms with Crippen molar-refractivity contribution < 1.29 is 22.7 Å². The Balaban J connectivity index is 1.72. The van der Waals surface area contributed by atoms with E-state index in [1.165, 1.54) is 0 Å². The molecule has 0 unspecified atom stereocenters. The van der Waals surface area contributed by atoms with Gasteiger partial charge in [0.25, 0.3) is 5.91 Å². The van der Waals surface area contributed by atoms with Crippen molar-refractivity contribution in [1.29, 1.82) is 0 Å². The number of ether oxygens (including phenoxy) is 1. The van der Waals surface area contributed by atoms with Crippen molar-refractivity contribution in [3.63, 3.8) is 0 Å². The normalized spacial score (nSPS) is 18.2. The maximum Gasteiger partial charge on any atom is 0.251 e. The van der Waals surface area contributed by atoms with Crippen molar-refractivity contribution in [3.05, 3.63) is 66.0 Å².